The maximum atomic E-state index is 9.92. The van der Waals surface area contributed by atoms with Crippen LogP contribution in [-0.2, 0) is 6.42 Å². The zero-order valence-electron chi connectivity index (χ0n) is 14.3. The Labute approximate surface area is 145 Å². The minimum absolute atomic E-state index is 0.338. The standard InChI is InChI=1S/C18H22N4O3/c1-3-12(19)18(23)21-11-8-9-16(20-10-11)24-14-6-5-7-15-17(14)13(4-2)22-25-15/h5-10,12,18,21,23H,3-4,19H2,1-2H3/t12-,18?/m1/s1. The number of aliphatic hydroxyl groups excluding tert-OH is 1. The van der Waals surface area contributed by atoms with Gasteiger partial charge < -0.3 is 25.4 Å². The van der Waals surface area contributed by atoms with Crippen LogP contribution in [0, 0.1) is 0 Å². The van der Waals surface area contributed by atoms with Gasteiger partial charge >= 0.3 is 0 Å². The number of hydrogen-bond donors (Lipinski definition) is 3. The first kappa shape index (κ1) is 17.2. The Morgan fingerprint density at radius 3 is 2.80 bits per heavy atom. The number of hydrogen-bond acceptors (Lipinski definition) is 7. The van der Waals surface area contributed by atoms with Gasteiger partial charge in [-0.05, 0) is 31.0 Å². The molecule has 2 atom stereocenters. The minimum atomic E-state index is -0.823. The Morgan fingerprint density at radius 2 is 2.12 bits per heavy atom. The summed E-state index contributed by atoms with van der Waals surface area (Å²) in [6.45, 7) is 3.93. The molecule has 1 unspecified atom stereocenters. The summed E-state index contributed by atoms with van der Waals surface area (Å²) in [5.74, 6) is 1.09. The van der Waals surface area contributed by atoms with E-state index in [4.69, 9.17) is 15.0 Å². The van der Waals surface area contributed by atoms with Crippen LogP contribution in [0.15, 0.2) is 41.1 Å². The summed E-state index contributed by atoms with van der Waals surface area (Å²) in [5, 5.41) is 17.8. The SMILES string of the molecule is CCc1noc2cccc(Oc3ccc(NC(O)[C@H](N)CC)cn3)c12. The number of pyridine rings is 1. The van der Waals surface area contributed by atoms with Crippen LogP contribution in [0.5, 0.6) is 11.6 Å². The van der Waals surface area contributed by atoms with E-state index in [9.17, 15) is 5.11 Å². The molecule has 0 saturated heterocycles. The number of aliphatic hydroxyl groups is 1. The molecule has 1 aromatic carbocycles. The number of anilines is 1. The molecule has 0 aliphatic rings. The average Bonchev–Trinajstić information content (AvgIpc) is 3.07. The normalized spacial score (nSPS) is 13.6. The van der Waals surface area contributed by atoms with E-state index in [1.807, 2.05) is 32.0 Å². The quantitative estimate of drug-likeness (QED) is 0.567. The lowest BCUT2D eigenvalue weighted by molar-refractivity contribution is 0.170. The first-order chi connectivity index (χ1) is 12.1. The molecule has 2 heterocycles. The molecule has 0 aliphatic carbocycles. The fourth-order valence-electron chi connectivity index (χ4n) is 2.49. The molecule has 25 heavy (non-hydrogen) atoms. The van der Waals surface area contributed by atoms with Crippen molar-refractivity contribution in [3.8, 4) is 11.6 Å². The Balaban J connectivity index is 1.77. The Hall–Kier alpha value is -2.64. The van der Waals surface area contributed by atoms with Crippen molar-refractivity contribution in [1.82, 2.24) is 10.1 Å². The van der Waals surface area contributed by atoms with Crippen molar-refractivity contribution in [2.45, 2.75) is 39.0 Å². The van der Waals surface area contributed by atoms with Gasteiger partial charge in [-0.15, -0.1) is 0 Å². The number of nitrogens with zero attached hydrogens (tertiary/aromatic N) is 2. The largest absolute Gasteiger partial charge is 0.438 e. The molecule has 3 aromatic rings. The van der Waals surface area contributed by atoms with Crippen LogP contribution in [0.1, 0.15) is 26.0 Å². The summed E-state index contributed by atoms with van der Waals surface area (Å²) in [7, 11) is 0. The number of nitrogens with one attached hydrogen (secondary N) is 1. The van der Waals surface area contributed by atoms with E-state index in [1.165, 1.54) is 0 Å². The molecule has 7 nitrogen and oxygen atoms in total. The Kier molecular flexibility index (Phi) is 5.16. The Morgan fingerprint density at radius 1 is 1.28 bits per heavy atom. The van der Waals surface area contributed by atoms with Gasteiger partial charge in [0.2, 0.25) is 5.88 Å². The second kappa shape index (κ2) is 7.50. The van der Waals surface area contributed by atoms with Crippen molar-refractivity contribution in [3.05, 3.63) is 42.2 Å². The van der Waals surface area contributed by atoms with Gasteiger partial charge in [0.05, 0.1) is 23.0 Å². The van der Waals surface area contributed by atoms with Crippen molar-refractivity contribution >= 4 is 16.7 Å². The molecule has 3 rings (SSSR count). The Bertz CT molecular complexity index is 832. The summed E-state index contributed by atoms with van der Waals surface area (Å²) >= 11 is 0. The van der Waals surface area contributed by atoms with Gasteiger partial charge in [-0.1, -0.05) is 25.1 Å². The molecular formula is C18H22N4O3. The van der Waals surface area contributed by atoms with E-state index in [0.29, 0.717) is 29.3 Å². The summed E-state index contributed by atoms with van der Waals surface area (Å²) in [4.78, 5) is 4.27. The maximum Gasteiger partial charge on any atom is 0.219 e. The molecule has 0 saturated carbocycles. The lowest BCUT2D eigenvalue weighted by atomic mass is 10.1. The highest BCUT2D eigenvalue weighted by Gasteiger charge is 2.14. The predicted octanol–water partition coefficient (Wildman–Crippen LogP) is 3.05. The van der Waals surface area contributed by atoms with Crippen LogP contribution in [0.4, 0.5) is 5.69 Å². The first-order valence-corrected chi connectivity index (χ1v) is 8.33. The summed E-state index contributed by atoms with van der Waals surface area (Å²) in [6.07, 6.45) is 2.19. The third-order valence-electron chi connectivity index (χ3n) is 4.01. The number of aryl methyl sites for hydroxylation is 1. The van der Waals surface area contributed by atoms with E-state index in [-0.39, 0.29) is 6.04 Å². The number of ether oxygens (including phenoxy) is 1. The molecule has 0 amide bonds. The molecular weight excluding hydrogens is 320 g/mol. The van der Waals surface area contributed by atoms with E-state index in [0.717, 1.165) is 17.5 Å². The molecule has 132 valence electrons. The third kappa shape index (κ3) is 3.72. The van der Waals surface area contributed by atoms with Crippen LogP contribution >= 0.6 is 0 Å². The molecule has 7 heteroatoms. The molecule has 0 bridgehead atoms. The number of aromatic nitrogens is 2. The number of nitrogens with two attached hydrogens (primary N) is 1. The zero-order chi connectivity index (χ0) is 17.8. The number of benzene rings is 1. The van der Waals surface area contributed by atoms with Crippen molar-refractivity contribution in [1.29, 1.82) is 0 Å². The van der Waals surface area contributed by atoms with Gasteiger partial charge in [-0.3, -0.25) is 0 Å². The average molecular weight is 342 g/mol. The molecule has 0 aliphatic heterocycles. The van der Waals surface area contributed by atoms with Gasteiger partial charge in [0.15, 0.2) is 5.58 Å². The fraction of sp³-hybridized carbons (Fsp3) is 0.333. The van der Waals surface area contributed by atoms with Crippen molar-refractivity contribution in [2.75, 3.05) is 5.32 Å². The van der Waals surface area contributed by atoms with E-state index in [2.05, 4.69) is 15.5 Å². The van der Waals surface area contributed by atoms with Crippen LogP contribution in [0.25, 0.3) is 11.0 Å². The van der Waals surface area contributed by atoms with Gasteiger partial charge in [0.25, 0.3) is 0 Å². The van der Waals surface area contributed by atoms with Gasteiger partial charge in [0.1, 0.15) is 12.0 Å². The second-order valence-electron chi connectivity index (χ2n) is 5.76. The van der Waals surface area contributed by atoms with Crippen LogP contribution in [0.3, 0.4) is 0 Å². The fourth-order valence-corrected chi connectivity index (χ4v) is 2.49. The topological polar surface area (TPSA) is 106 Å². The van der Waals surface area contributed by atoms with Gasteiger partial charge in [-0.25, -0.2) is 4.98 Å². The van der Waals surface area contributed by atoms with E-state index >= 15 is 0 Å². The lowest BCUT2D eigenvalue weighted by Crippen LogP contribution is -2.39. The highest BCUT2D eigenvalue weighted by molar-refractivity contribution is 5.86. The highest BCUT2D eigenvalue weighted by atomic mass is 16.5. The monoisotopic (exact) mass is 342 g/mol. The van der Waals surface area contributed by atoms with Crippen LogP contribution in [-0.4, -0.2) is 27.5 Å². The van der Waals surface area contributed by atoms with Crippen molar-refractivity contribution in [2.24, 2.45) is 5.73 Å². The predicted molar refractivity (Wildman–Crippen MR) is 95.6 cm³/mol. The second-order valence-corrected chi connectivity index (χ2v) is 5.76. The van der Waals surface area contributed by atoms with Gasteiger partial charge in [-0.2, -0.15) is 0 Å². The zero-order valence-corrected chi connectivity index (χ0v) is 14.3. The third-order valence-corrected chi connectivity index (χ3v) is 4.01. The van der Waals surface area contributed by atoms with E-state index < -0.39 is 6.23 Å². The summed E-state index contributed by atoms with van der Waals surface area (Å²) in [6, 6.07) is 8.73. The van der Waals surface area contributed by atoms with Crippen LogP contribution < -0.4 is 15.8 Å². The van der Waals surface area contributed by atoms with E-state index in [1.54, 1.807) is 18.3 Å². The summed E-state index contributed by atoms with van der Waals surface area (Å²) < 4.78 is 11.2. The number of fused-ring (bicyclic) bond motifs is 1. The highest BCUT2D eigenvalue weighted by Crippen LogP contribution is 2.32. The summed E-state index contributed by atoms with van der Waals surface area (Å²) in [5.41, 5.74) is 7.99. The molecule has 0 fully saturated rings. The van der Waals surface area contributed by atoms with Gasteiger partial charge in [0, 0.05) is 12.1 Å². The molecule has 0 radical (unpaired) electrons. The number of rotatable bonds is 7. The molecule has 4 N–H and O–H groups in total. The van der Waals surface area contributed by atoms with Crippen molar-refractivity contribution in [3.63, 3.8) is 0 Å². The smallest absolute Gasteiger partial charge is 0.219 e. The van der Waals surface area contributed by atoms with Crippen LogP contribution in [0.2, 0.25) is 0 Å². The lowest BCUT2D eigenvalue weighted by Gasteiger charge is -2.19. The minimum Gasteiger partial charge on any atom is -0.438 e. The first-order valence-electron chi connectivity index (χ1n) is 8.33. The van der Waals surface area contributed by atoms with Crippen molar-refractivity contribution < 1.29 is 14.4 Å². The molecule has 0 spiro atoms. The maximum absolute atomic E-state index is 9.92. The molecule has 2 aromatic heterocycles.